The molecule has 2 rings (SSSR count). The standard InChI is InChI=1S/C10H12ClN5O/c1-15-4-3-7(14-15)5-12-10(17)9-8(11)6-13-16(9)2/h3-4,6H,5H2,1-2H3,(H,12,17). The molecule has 2 heterocycles. The summed E-state index contributed by atoms with van der Waals surface area (Å²) >= 11 is 5.86. The van der Waals surface area contributed by atoms with Gasteiger partial charge in [0.2, 0.25) is 0 Å². The number of carbonyl (C=O) groups excluding carboxylic acids is 1. The van der Waals surface area contributed by atoms with Gasteiger partial charge in [-0.1, -0.05) is 11.6 Å². The molecule has 0 aliphatic rings. The molecule has 1 N–H and O–H groups in total. The number of rotatable bonds is 3. The third kappa shape index (κ3) is 2.47. The van der Waals surface area contributed by atoms with Gasteiger partial charge in [-0.05, 0) is 6.07 Å². The van der Waals surface area contributed by atoms with Crippen molar-refractivity contribution in [1.82, 2.24) is 24.9 Å². The Hall–Kier alpha value is -1.82. The zero-order valence-corrected chi connectivity index (χ0v) is 10.3. The monoisotopic (exact) mass is 253 g/mol. The van der Waals surface area contributed by atoms with E-state index in [0.29, 0.717) is 17.3 Å². The zero-order valence-electron chi connectivity index (χ0n) is 9.51. The summed E-state index contributed by atoms with van der Waals surface area (Å²) < 4.78 is 3.12. The Morgan fingerprint density at radius 3 is 2.82 bits per heavy atom. The van der Waals surface area contributed by atoms with Gasteiger partial charge < -0.3 is 5.32 Å². The minimum absolute atomic E-state index is 0.263. The fourth-order valence-electron chi connectivity index (χ4n) is 1.48. The SMILES string of the molecule is Cn1ccc(CNC(=O)c2c(Cl)cnn2C)n1. The van der Waals surface area contributed by atoms with Crippen LogP contribution in [-0.2, 0) is 20.6 Å². The second-order valence-corrected chi connectivity index (χ2v) is 4.04. The van der Waals surface area contributed by atoms with Crippen LogP contribution in [0.2, 0.25) is 5.02 Å². The predicted octanol–water partition coefficient (Wildman–Crippen LogP) is 0.737. The predicted molar refractivity (Wildman–Crippen MR) is 62.6 cm³/mol. The number of halogens is 1. The largest absolute Gasteiger partial charge is 0.345 e. The van der Waals surface area contributed by atoms with Crippen LogP contribution in [-0.4, -0.2) is 25.5 Å². The first kappa shape index (κ1) is 11.7. The number of aryl methyl sites for hydroxylation is 2. The Labute approximate surface area is 103 Å². The molecule has 2 aromatic heterocycles. The van der Waals surface area contributed by atoms with Gasteiger partial charge in [-0.15, -0.1) is 0 Å². The van der Waals surface area contributed by atoms with Crippen LogP contribution >= 0.6 is 11.6 Å². The van der Waals surface area contributed by atoms with E-state index in [2.05, 4.69) is 15.5 Å². The summed E-state index contributed by atoms with van der Waals surface area (Å²) in [5, 5.41) is 11.1. The van der Waals surface area contributed by atoms with Crippen molar-refractivity contribution in [3.05, 3.63) is 34.9 Å². The van der Waals surface area contributed by atoms with Crippen molar-refractivity contribution in [1.29, 1.82) is 0 Å². The lowest BCUT2D eigenvalue weighted by molar-refractivity contribution is 0.0941. The molecule has 0 saturated carbocycles. The first-order valence-electron chi connectivity index (χ1n) is 5.02. The Morgan fingerprint density at radius 1 is 1.53 bits per heavy atom. The molecule has 0 saturated heterocycles. The highest BCUT2D eigenvalue weighted by Gasteiger charge is 2.15. The average molecular weight is 254 g/mol. The Morgan fingerprint density at radius 2 is 2.29 bits per heavy atom. The molecular weight excluding hydrogens is 242 g/mol. The third-order valence-corrected chi connectivity index (χ3v) is 2.58. The van der Waals surface area contributed by atoms with Crippen LogP contribution in [0.4, 0.5) is 0 Å². The van der Waals surface area contributed by atoms with Gasteiger partial charge in [0, 0.05) is 20.3 Å². The van der Waals surface area contributed by atoms with Crippen molar-refractivity contribution in [2.75, 3.05) is 0 Å². The second-order valence-electron chi connectivity index (χ2n) is 3.63. The molecule has 0 bridgehead atoms. The van der Waals surface area contributed by atoms with Crippen molar-refractivity contribution < 1.29 is 4.79 Å². The van der Waals surface area contributed by atoms with E-state index >= 15 is 0 Å². The van der Waals surface area contributed by atoms with E-state index in [0.717, 1.165) is 5.69 Å². The molecule has 17 heavy (non-hydrogen) atoms. The maximum absolute atomic E-state index is 11.8. The number of aromatic nitrogens is 4. The first-order chi connectivity index (χ1) is 8.08. The van der Waals surface area contributed by atoms with Gasteiger partial charge in [-0.3, -0.25) is 14.2 Å². The van der Waals surface area contributed by atoms with Crippen LogP contribution < -0.4 is 5.32 Å². The molecule has 6 nitrogen and oxygen atoms in total. The molecule has 0 fully saturated rings. The summed E-state index contributed by atoms with van der Waals surface area (Å²) in [6, 6.07) is 1.84. The van der Waals surface area contributed by atoms with Gasteiger partial charge in [-0.2, -0.15) is 10.2 Å². The highest BCUT2D eigenvalue weighted by atomic mass is 35.5. The molecule has 0 unspecified atom stereocenters. The Kier molecular flexibility index (Phi) is 3.14. The van der Waals surface area contributed by atoms with Crippen LogP contribution in [0.1, 0.15) is 16.2 Å². The minimum atomic E-state index is -0.263. The third-order valence-electron chi connectivity index (χ3n) is 2.31. The maximum Gasteiger partial charge on any atom is 0.271 e. The minimum Gasteiger partial charge on any atom is -0.345 e. The van der Waals surface area contributed by atoms with Crippen LogP contribution in [0.5, 0.6) is 0 Å². The van der Waals surface area contributed by atoms with Crippen LogP contribution in [0, 0.1) is 0 Å². The molecule has 2 aromatic rings. The lowest BCUT2D eigenvalue weighted by atomic mass is 10.3. The lowest BCUT2D eigenvalue weighted by Crippen LogP contribution is -2.25. The van der Waals surface area contributed by atoms with Crippen LogP contribution in [0.25, 0.3) is 0 Å². The number of amides is 1. The molecular formula is C10H12ClN5O. The molecule has 0 spiro atoms. The van der Waals surface area contributed by atoms with Gasteiger partial charge in [0.15, 0.2) is 0 Å². The highest BCUT2D eigenvalue weighted by Crippen LogP contribution is 2.13. The van der Waals surface area contributed by atoms with Gasteiger partial charge in [0.25, 0.3) is 5.91 Å². The fourth-order valence-corrected chi connectivity index (χ4v) is 1.73. The van der Waals surface area contributed by atoms with Crippen molar-refractivity contribution in [2.45, 2.75) is 6.54 Å². The lowest BCUT2D eigenvalue weighted by Gasteiger charge is -2.04. The number of hydrogen-bond donors (Lipinski definition) is 1. The van der Waals surface area contributed by atoms with Gasteiger partial charge in [0.1, 0.15) is 5.69 Å². The summed E-state index contributed by atoms with van der Waals surface area (Å²) in [6.07, 6.45) is 3.26. The van der Waals surface area contributed by atoms with E-state index < -0.39 is 0 Å². The average Bonchev–Trinajstić information content (AvgIpc) is 2.83. The molecule has 0 aliphatic heterocycles. The quantitative estimate of drug-likeness (QED) is 0.877. The zero-order chi connectivity index (χ0) is 12.4. The molecule has 0 aliphatic carbocycles. The molecule has 7 heteroatoms. The van der Waals surface area contributed by atoms with E-state index in [4.69, 9.17) is 11.6 Å². The van der Waals surface area contributed by atoms with Gasteiger partial charge in [0.05, 0.1) is 23.5 Å². The smallest absolute Gasteiger partial charge is 0.271 e. The van der Waals surface area contributed by atoms with Crippen LogP contribution in [0.3, 0.4) is 0 Å². The normalized spacial score (nSPS) is 10.5. The van der Waals surface area contributed by atoms with Crippen molar-refractivity contribution in [3.63, 3.8) is 0 Å². The van der Waals surface area contributed by atoms with E-state index in [1.54, 1.807) is 11.7 Å². The van der Waals surface area contributed by atoms with Gasteiger partial charge >= 0.3 is 0 Å². The van der Waals surface area contributed by atoms with E-state index in [9.17, 15) is 4.79 Å². The highest BCUT2D eigenvalue weighted by molar-refractivity contribution is 6.33. The van der Waals surface area contributed by atoms with Crippen molar-refractivity contribution in [3.8, 4) is 0 Å². The molecule has 90 valence electrons. The van der Waals surface area contributed by atoms with E-state index in [-0.39, 0.29) is 5.91 Å². The molecule has 0 aromatic carbocycles. The Bertz CT molecular complexity index is 525. The number of nitrogens with zero attached hydrogens (tertiary/aromatic N) is 4. The van der Waals surface area contributed by atoms with Gasteiger partial charge in [-0.25, -0.2) is 0 Å². The van der Waals surface area contributed by atoms with Crippen molar-refractivity contribution in [2.24, 2.45) is 14.1 Å². The summed E-state index contributed by atoms with van der Waals surface area (Å²) in [6.45, 7) is 0.362. The maximum atomic E-state index is 11.8. The summed E-state index contributed by atoms with van der Waals surface area (Å²) in [5.74, 6) is -0.263. The number of nitrogens with one attached hydrogen (secondary N) is 1. The van der Waals surface area contributed by atoms with Crippen molar-refractivity contribution >= 4 is 17.5 Å². The first-order valence-corrected chi connectivity index (χ1v) is 5.40. The summed E-state index contributed by atoms with van der Waals surface area (Å²) in [7, 11) is 3.49. The van der Waals surface area contributed by atoms with Crippen LogP contribution in [0.15, 0.2) is 18.5 Å². The number of carbonyl (C=O) groups is 1. The summed E-state index contributed by atoms with van der Waals surface area (Å²) in [5.41, 5.74) is 1.14. The fraction of sp³-hybridized carbons (Fsp3) is 0.300. The second kappa shape index (κ2) is 4.58. The van der Waals surface area contributed by atoms with E-state index in [1.807, 2.05) is 19.3 Å². The molecule has 0 radical (unpaired) electrons. The molecule has 0 atom stereocenters. The summed E-state index contributed by atoms with van der Waals surface area (Å²) in [4.78, 5) is 11.8. The van der Waals surface area contributed by atoms with E-state index in [1.165, 1.54) is 10.9 Å². The number of hydrogen-bond acceptors (Lipinski definition) is 3. The Balaban J connectivity index is 2.03. The molecule has 1 amide bonds. The topological polar surface area (TPSA) is 64.7 Å².